The molecular formula is C13H16BrFN2O. The molecule has 0 aliphatic carbocycles. The van der Waals surface area contributed by atoms with Gasteiger partial charge in [0.05, 0.1) is 10.0 Å². The third kappa shape index (κ3) is 2.72. The smallest absolute Gasteiger partial charge is 0.255 e. The summed E-state index contributed by atoms with van der Waals surface area (Å²) in [5.74, 6) is -0.205. The summed E-state index contributed by atoms with van der Waals surface area (Å²) in [6.45, 7) is 3.28. The second-order valence-electron chi connectivity index (χ2n) is 4.91. The van der Waals surface area contributed by atoms with E-state index >= 15 is 0 Å². The molecule has 1 aliphatic rings. The molecule has 0 radical (unpaired) electrons. The van der Waals surface area contributed by atoms with Gasteiger partial charge in [0.1, 0.15) is 5.82 Å². The Bertz CT molecular complexity index is 456. The van der Waals surface area contributed by atoms with Crippen molar-refractivity contribution in [2.75, 3.05) is 13.1 Å². The van der Waals surface area contributed by atoms with Crippen LogP contribution in [0.15, 0.2) is 22.7 Å². The molecule has 1 saturated heterocycles. The summed E-state index contributed by atoms with van der Waals surface area (Å²) in [6, 6.07) is 4.50. The molecule has 2 rings (SSSR count). The van der Waals surface area contributed by atoms with E-state index in [4.69, 9.17) is 5.73 Å². The van der Waals surface area contributed by atoms with Gasteiger partial charge in [-0.1, -0.05) is 13.0 Å². The summed E-state index contributed by atoms with van der Waals surface area (Å²) in [4.78, 5) is 14.0. The van der Waals surface area contributed by atoms with Crippen molar-refractivity contribution in [3.05, 3.63) is 34.1 Å². The zero-order chi connectivity index (χ0) is 13.3. The van der Waals surface area contributed by atoms with E-state index in [1.54, 1.807) is 17.0 Å². The first-order chi connectivity index (χ1) is 8.49. The van der Waals surface area contributed by atoms with Gasteiger partial charge in [-0.15, -0.1) is 0 Å². The zero-order valence-corrected chi connectivity index (χ0v) is 11.8. The fourth-order valence-electron chi connectivity index (χ4n) is 2.40. The first-order valence-corrected chi connectivity index (χ1v) is 6.77. The van der Waals surface area contributed by atoms with Gasteiger partial charge >= 0.3 is 0 Å². The molecule has 3 nitrogen and oxygen atoms in total. The number of rotatable bonds is 1. The van der Waals surface area contributed by atoms with Gasteiger partial charge in [0.2, 0.25) is 0 Å². The first kappa shape index (κ1) is 13.5. The molecular weight excluding hydrogens is 299 g/mol. The summed E-state index contributed by atoms with van der Waals surface area (Å²) in [6.07, 6.45) is 0.925. The van der Waals surface area contributed by atoms with Crippen LogP contribution in [-0.2, 0) is 0 Å². The topological polar surface area (TPSA) is 46.3 Å². The van der Waals surface area contributed by atoms with Crippen LogP contribution < -0.4 is 5.73 Å². The molecule has 2 N–H and O–H groups in total. The van der Waals surface area contributed by atoms with Crippen molar-refractivity contribution in [2.24, 2.45) is 11.7 Å². The zero-order valence-electron chi connectivity index (χ0n) is 10.2. The highest BCUT2D eigenvalue weighted by molar-refractivity contribution is 9.10. The van der Waals surface area contributed by atoms with E-state index in [-0.39, 0.29) is 16.4 Å². The molecule has 5 heteroatoms. The Morgan fingerprint density at radius 2 is 2.22 bits per heavy atom. The van der Waals surface area contributed by atoms with Gasteiger partial charge in [-0.05, 0) is 40.4 Å². The minimum Gasteiger partial charge on any atom is -0.337 e. The Morgan fingerprint density at radius 1 is 1.50 bits per heavy atom. The number of hydrogen-bond acceptors (Lipinski definition) is 2. The van der Waals surface area contributed by atoms with Crippen molar-refractivity contribution < 1.29 is 9.18 Å². The van der Waals surface area contributed by atoms with E-state index in [2.05, 4.69) is 22.9 Å². The Balaban J connectivity index is 2.23. The summed E-state index contributed by atoms with van der Waals surface area (Å²) in [5.41, 5.74) is 6.28. The van der Waals surface area contributed by atoms with Crippen LogP contribution in [0.5, 0.6) is 0 Å². The minimum atomic E-state index is -0.421. The molecule has 18 heavy (non-hydrogen) atoms. The number of hydrogen-bond donors (Lipinski definition) is 1. The third-order valence-electron chi connectivity index (χ3n) is 3.16. The monoisotopic (exact) mass is 314 g/mol. The maximum Gasteiger partial charge on any atom is 0.255 e. The van der Waals surface area contributed by atoms with Crippen LogP contribution in [0.4, 0.5) is 4.39 Å². The number of piperidine rings is 1. The van der Waals surface area contributed by atoms with Gasteiger partial charge in [-0.3, -0.25) is 4.79 Å². The Kier molecular flexibility index (Phi) is 4.02. The van der Waals surface area contributed by atoms with Crippen molar-refractivity contribution >= 4 is 21.8 Å². The fourth-order valence-corrected chi connectivity index (χ4v) is 2.84. The van der Waals surface area contributed by atoms with Gasteiger partial charge in [0, 0.05) is 19.1 Å². The number of carbonyl (C=O) groups excluding carboxylic acids is 1. The number of halogens is 2. The Hall–Kier alpha value is -0.940. The summed E-state index contributed by atoms with van der Waals surface area (Å²) in [7, 11) is 0. The largest absolute Gasteiger partial charge is 0.337 e. The molecule has 0 bridgehead atoms. The maximum atomic E-state index is 13.4. The highest BCUT2D eigenvalue weighted by atomic mass is 79.9. The predicted octanol–water partition coefficient (Wildman–Crippen LogP) is 2.40. The number of likely N-dealkylation sites (tertiary alicyclic amines) is 1. The van der Waals surface area contributed by atoms with Gasteiger partial charge in [-0.2, -0.15) is 0 Å². The standard InChI is InChI=1S/C13H16BrFN2O/c1-8-5-9(16)7-17(6-8)13(18)10-3-2-4-11(15)12(10)14/h2-4,8-9H,5-7,16H2,1H3. The first-order valence-electron chi connectivity index (χ1n) is 5.98. The third-order valence-corrected chi connectivity index (χ3v) is 3.97. The van der Waals surface area contributed by atoms with Gasteiger partial charge < -0.3 is 10.6 Å². The van der Waals surface area contributed by atoms with Crippen LogP contribution in [0, 0.1) is 11.7 Å². The quantitative estimate of drug-likeness (QED) is 0.865. The van der Waals surface area contributed by atoms with Crippen LogP contribution in [0.2, 0.25) is 0 Å². The normalized spacial score (nSPS) is 24.1. The van der Waals surface area contributed by atoms with Crippen molar-refractivity contribution in [1.82, 2.24) is 4.90 Å². The van der Waals surface area contributed by atoms with E-state index in [0.717, 1.165) is 6.42 Å². The molecule has 2 atom stereocenters. The van der Waals surface area contributed by atoms with Crippen molar-refractivity contribution in [3.8, 4) is 0 Å². The highest BCUT2D eigenvalue weighted by Gasteiger charge is 2.27. The van der Waals surface area contributed by atoms with E-state index < -0.39 is 5.82 Å². The molecule has 1 aromatic rings. The number of amides is 1. The van der Waals surface area contributed by atoms with E-state index in [9.17, 15) is 9.18 Å². The average molecular weight is 315 g/mol. The number of benzene rings is 1. The second kappa shape index (κ2) is 5.36. The molecule has 1 amide bonds. The minimum absolute atomic E-state index is 0.00466. The average Bonchev–Trinajstić information content (AvgIpc) is 2.30. The van der Waals surface area contributed by atoms with E-state index in [1.165, 1.54) is 6.07 Å². The fraction of sp³-hybridized carbons (Fsp3) is 0.462. The maximum absolute atomic E-state index is 13.4. The second-order valence-corrected chi connectivity index (χ2v) is 5.71. The summed E-state index contributed by atoms with van der Waals surface area (Å²) in [5, 5.41) is 0. The molecule has 2 unspecified atom stereocenters. The number of nitrogens with zero attached hydrogens (tertiary/aromatic N) is 1. The van der Waals surface area contributed by atoms with Crippen LogP contribution in [0.1, 0.15) is 23.7 Å². The van der Waals surface area contributed by atoms with Crippen molar-refractivity contribution in [1.29, 1.82) is 0 Å². The molecule has 98 valence electrons. The van der Waals surface area contributed by atoms with Crippen LogP contribution in [-0.4, -0.2) is 29.9 Å². The Morgan fingerprint density at radius 3 is 2.89 bits per heavy atom. The van der Waals surface area contributed by atoms with Crippen LogP contribution in [0.25, 0.3) is 0 Å². The van der Waals surface area contributed by atoms with Crippen LogP contribution in [0.3, 0.4) is 0 Å². The summed E-state index contributed by atoms with van der Waals surface area (Å²) >= 11 is 3.12. The van der Waals surface area contributed by atoms with Crippen molar-refractivity contribution in [2.45, 2.75) is 19.4 Å². The van der Waals surface area contributed by atoms with E-state index in [1.807, 2.05) is 0 Å². The summed E-state index contributed by atoms with van der Waals surface area (Å²) < 4.78 is 13.6. The lowest BCUT2D eigenvalue weighted by molar-refractivity contribution is 0.0659. The predicted molar refractivity (Wildman–Crippen MR) is 71.8 cm³/mol. The van der Waals surface area contributed by atoms with Gasteiger partial charge in [0.15, 0.2) is 0 Å². The molecule has 0 spiro atoms. The highest BCUT2D eigenvalue weighted by Crippen LogP contribution is 2.24. The molecule has 1 fully saturated rings. The lowest BCUT2D eigenvalue weighted by Crippen LogP contribution is -2.48. The van der Waals surface area contributed by atoms with Gasteiger partial charge in [0.25, 0.3) is 5.91 Å². The van der Waals surface area contributed by atoms with Crippen molar-refractivity contribution in [3.63, 3.8) is 0 Å². The SMILES string of the molecule is CC1CC(N)CN(C(=O)c2cccc(F)c2Br)C1. The lowest BCUT2D eigenvalue weighted by Gasteiger charge is -2.35. The lowest BCUT2D eigenvalue weighted by atomic mass is 9.96. The van der Waals surface area contributed by atoms with Gasteiger partial charge in [-0.25, -0.2) is 4.39 Å². The molecule has 1 heterocycles. The molecule has 0 aromatic heterocycles. The Labute approximate surface area is 114 Å². The van der Waals surface area contributed by atoms with Crippen LogP contribution >= 0.6 is 15.9 Å². The van der Waals surface area contributed by atoms with E-state index in [0.29, 0.717) is 24.6 Å². The molecule has 1 aromatic carbocycles. The molecule has 0 saturated carbocycles. The number of nitrogens with two attached hydrogens (primary N) is 1. The molecule has 1 aliphatic heterocycles. The number of carbonyl (C=O) groups is 1.